The molecule has 8 heteroatoms. The number of anilines is 1. The zero-order valence-electron chi connectivity index (χ0n) is 18.6. The minimum absolute atomic E-state index is 0.00754. The van der Waals surface area contributed by atoms with E-state index in [4.69, 9.17) is 4.74 Å². The Balaban J connectivity index is 1.45. The lowest BCUT2D eigenvalue weighted by molar-refractivity contribution is -0.0586. The van der Waals surface area contributed by atoms with Crippen LogP contribution in [0, 0.1) is 0 Å². The van der Waals surface area contributed by atoms with Crippen molar-refractivity contribution in [2.24, 2.45) is 0 Å². The van der Waals surface area contributed by atoms with Crippen molar-refractivity contribution in [3.8, 4) is 0 Å². The summed E-state index contributed by atoms with van der Waals surface area (Å²) < 4.78 is 5.69. The Morgan fingerprint density at radius 2 is 1.58 bits per heavy atom. The molecule has 2 heterocycles. The van der Waals surface area contributed by atoms with Gasteiger partial charge in [0.1, 0.15) is 5.82 Å². The van der Waals surface area contributed by atoms with Crippen molar-refractivity contribution in [2.75, 3.05) is 32.1 Å². The second-order valence-electron chi connectivity index (χ2n) is 8.12. The highest BCUT2D eigenvalue weighted by molar-refractivity contribution is 5.94. The van der Waals surface area contributed by atoms with E-state index in [2.05, 4.69) is 15.6 Å². The van der Waals surface area contributed by atoms with Crippen LogP contribution in [-0.4, -0.2) is 61.2 Å². The van der Waals surface area contributed by atoms with Crippen molar-refractivity contribution < 1.29 is 14.3 Å². The van der Waals surface area contributed by atoms with Gasteiger partial charge in [0.05, 0.1) is 12.2 Å². The Labute approximate surface area is 183 Å². The molecule has 2 N–H and O–H groups in total. The molecular formula is C23H31N5O3. The fourth-order valence-electron chi connectivity index (χ4n) is 3.50. The topological polar surface area (TPSA) is 86.8 Å². The van der Waals surface area contributed by atoms with Crippen LogP contribution in [0.25, 0.3) is 0 Å². The number of aromatic nitrogens is 1. The van der Waals surface area contributed by atoms with Gasteiger partial charge in [-0.1, -0.05) is 18.2 Å². The molecule has 1 aromatic heterocycles. The van der Waals surface area contributed by atoms with E-state index in [0.29, 0.717) is 31.7 Å². The van der Waals surface area contributed by atoms with E-state index >= 15 is 0 Å². The Bertz CT molecular complexity index is 873. The first-order valence-corrected chi connectivity index (χ1v) is 10.5. The normalized spacial score (nSPS) is 18.4. The number of ether oxygens (including phenoxy) is 1. The van der Waals surface area contributed by atoms with Gasteiger partial charge in [-0.3, -0.25) is 4.79 Å². The molecule has 1 aliphatic heterocycles. The maximum atomic E-state index is 12.7. The van der Waals surface area contributed by atoms with Crippen LogP contribution >= 0.6 is 0 Å². The van der Waals surface area contributed by atoms with E-state index < -0.39 is 0 Å². The largest absolute Gasteiger partial charge is 0.372 e. The van der Waals surface area contributed by atoms with Crippen LogP contribution in [0.15, 0.2) is 42.6 Å². The van der Waals surface area contributed by atoms with Gasteiger partial charge in [-0.25, -0.2) is 9.78 Å². The molecule has 3 rings (SSSR count). The van der Waals surface area contributed by atoms with Crippen LogP contribution < -0.4 is 15.5 Å². The molecule has 3 amide bonds. The summed E-state index contributed by atoms with van der Waals surface area (Å²) in [4.78, 5) is 32.9. The predicted octanol–water partition coefficient (Wildman–Crippen LogP) is 2.40. The summed E-state index contributed by atoms with van der Waals surface area (Å²) in [6.45, 7) is 5.93. The predicted molar refractivity (Wildman–Crippen MR) is 120 cm³/mol. The van der Waals surface area contributed by atoms with Crippen LogP contribution in [-0.2, 0) is 17.8 Å². The Morgan fingerprint density at radius 1 is 1.00 bits per heavy atom. The summed E-state index contributed by atoms with van der Waals surface area (Å²) in [5.41, 5.74) is 2.49. The monoisotopic (exact) mass is 425 g/mol. The molecule has 2 aromatic rings. The fraction of sp³-hybridized carbons (Fsp3) is 0.435. The van der Waals surface area contributed by atoms with Gasteiger partial charge in [0, 0.05) is 52.0 Å². The number of nitrogens with one attached hydrogen (secondary N) is 2. The number of carbonyl (C=O) groups excluding carboxylic acids is 2. The van der Waals surface area contributed by atoms with Gasteiger partial charge in [0.25, 0.3) is 5.91 Å². The first kappa shape index (κ1) is 22.6. The van der Waals surface area contributed by atoms with Gasteiger partial charge < -0.3 is 25.2 Å². The number of hydrogen-bond acceptors (Lipinski definition) is 5. The van der Waals surface area contributed by atoms with Gasteiger partial charge in [-0.15, -0.1) is 0 Å². The quantitative estimate of drug-likeness (QED) is 0.742. The number of rotatable bonds is 6. The van der Waals surface area contributed by atoms with Crippen molar-refractivity contribution in [3.63, 3.8) is 0 Å². The van der Waals surface area contributed by atoms with Crippen molar-refractivity contribution >= 4 is 17.8 Å². The third kappa shape index (κ3) is 6.42. The van der Waals surface area contributed by atoms with Crippen LogP contribution in [0.3, 0.4) is 0 Å². The van der Waals surface area contributed by atoms with Crippen molar-refractivity contribution in [3.05, 3.63) is 59.3 Å². The second kappa shape index (κ2) is 10.3. The Hall–Kier alpha value is -3.13. The van der Waals surface area contributed by atoms with Gasteiger partial charge >= 0.3 is 6.03 Å². The van der Waals surface area contributed by atoms with E-state index in [1.165, 1.54) is 0 Å². The third-order valence-corrected chi connectivity index (χ3v) is 5.08. The number of amides is 3. The van der Waals surface area contributed by atoms with Crippen LogP contribution in [0.4, 0.5) is 10.6 Å². The van der Waals surface area contributed by atoms with Crippen molar-refractivity contribution in [1.82, 2.24) is 20.5 Å². The SMILES string of the molecule is CC1CN(C(=O)c2ccc(CNC(=O)NCc3ccc(N(C)C)nc3)cc2)CC(C)O1. The molecule has 0 saturated carbocycles. The molecule has 0 spiro atoms. The molecule has 0 aliphatic carbocycles. The lowest BCUT2D eigenvalue weighted by Crippen LogP contribution is -2.48. The maximum Gasteiger partial charge on any atom is 0.315 e. The highest BCUT2D eigenvalue weighted by Gasteiger charge is 2.26. The van der Waals surface area contributed by atoms with Crippen molar-refractivity contribution in [1.29, 1.82) is 0 Å². The number of carbonyl (C=O) groups is 2. The van der Waals surface area contributed by atoms with Gasteiger partial charge in [0.2, 0.25) is 0 Å². The summed E-state index contributed by atoms with van der Waals surface area (Å²) >= 11 is 0. The standard InChI is InChI=1S/C23H31N5O3/c1-16-14-28(15-17(2)31-16)22(29)20-8-5-18(6-9-20)11-25-23(30)26-13-19-7-10-21(24-12-19)27(3)4/h5-10,12,16-17H,11,13-15H2,1-4H3,(H2,25,26,30). The molecule has 1 aliphatic rings. The van der Waals surface area contributed by atoms with Crippen LogP contribution in [0.1, 0.15) is 35.3 Å². The van der Waals surface area contributed by atoms with E-state index in [1.54, 1.807) is 18.3 Å². The lowest BCUT2D eigenvalue weighted by atomic mass is 10.1. The van der Waals surface area contributed by atoms with Gasteiger partial charge in [0.15, 0.2) is 0 Å². The number of urea groups is 1. The first-order chi connectivity index (χ1) is 14.8. The molecule has 0 radical (unpaired) electrons. The minimum Gasteiger partial charge on any atom is -0.372 e. The Kier molecular flexibility index (Phi) is 7.46. The molecule has 2 unspecified atom stereocenters. The molecule has 2 atom stereocenters. The summed E-state index contributed by atoms with van der Waals surface area (Å²) in [5.74, 6) is 0.876. The summed E-state index contributed by atoms with van der Waals surface area (Å²) in [7, 11) is 3.86. The van der Waals surface area contributed by atoms with E-state index in [0.717, 1.165) is 16.9 Å². The summed E-state index contributed by atoms with van der Waals surface area (Å²) in [6.07, 6.45) is 1.83. The Morgan fingerprint density at radius 3 is 2.13 bits per heavy atom. The zero-order chi connectivity index (χ0) is 22.4. The smallest absolute Gasteiger partial charge is 0.315 e. The number of benzene rings is 1. The highest BCUT2D eigenvalue weighted by Crippen LogP contribution is 2.15. The van der Waals surface area contributed by atoms with Crippen LogP contribution in [0.2, 0.25) is 0 Å². The molecule has 166 valence electrons. The highest BCUT2D eigenvalue weighted by atomic mass is 16.5. The fourth-order valence-corrected chi connectivity index (χ4v) is 3.50. The summed E-state index contributed by atoms with van der Waals surface area (Å²) in [6, 6.07) is 10.9. The van der Waals surface area contributed by atoms with Gasteiger partial charge in [-0.2, -0.15) is 0 Å². The maximum absolute atomic E-state index is 12.7. The minimum atomic E-state index is -0.256. The number of hydrogen-bond donors (Lipinski definition) is 2. The lowest BCUT2D eigenvalue weighted by Gasteiger charge is -2.35. The van der Waals surface area contributed by atoms with Crippen molar-refractivity contribution in [2.45, 2.75) is 39.1 Å². The average Bonchev–Trinajstić information content (AvgIpc) is 2.75. The van der Waals surface area contributed by atoms with E-state index in [9.17, 15) is 9.59 Å². The molecule has 31 heavy (non-hydrogen) atoms. The number of pyridine rings is 1. The van der Waals surface area contributed by atoms with Crippen LogP contribution in [0.5, 0.6) is 0 Å². The average molecular weight is 426 g/mol. The number of morpholine rings is 1. The molecule has 1 aromatic carbocycles. The molecule has 8 nitrogen and oxygen atoms in total. The third-order valence-electron chi connectivity index (χ3n) is 5.08. The first-order valence-electron chi connectivity index (χ1n) is 10.5. The molecule has 1 saturated heterocycles. The van der Waals surface area contributed by atoms with E-state index in [-0.39, 0.29) is 24.1 Å². The summed E-state index contributed by atoms with van der Waals surface area (Å²) in [5, 5.41) is 5.65. The molecule has 0 bridgehead atoms. The van der Waals surface area contributed by atoms with E-state index in [1.807, 2.05) is 62.0 Å². The molecule has 1 fully saturated rings. The molecular weight excluding hydrogens is 394 g/mol. The van der Waals surface area contributed by atoms with Gasteiger partial charge in [-0.05, 0) is 43.2 Å². The number of nitrogens with zero attached hydrogens (tertiary/aromatic N) is 3. The zero-order valence-corrected chi connectivity index (χ0v) is 18.6. The second-order valence-corrected chi connectivity index (χ2v) is 8.12.